The first-order chi connectivity index (χ1) is 7.02. The van der Waals surface area contributed by atoms with Crippen LogP contribution in [0.15, 0.2) is 11.6 Å². The molecular formula is C14H25B. The average molecular weight is 204 g/mol. The van der Waals surface area contributed by atoms with E-state index in [1.54, 1.807) is 5.57 Å². The van der Waals surface area contributed by atoms with E-state index in [0.29, 0.717) is 5.41 Å². The highest BCUT2D eigenvalue weighted by molar-refractivity contribution is 6.61. The van der Waals surface area contributed by atoms with E-state index in [2.05, 4.69) is 40.7 Å². The zero-order valence-electron chi connectivity index (χ0n) is 11.0. The first-order valence-corrected chi connectivity index (χ1v) is 6.70. The van der Waals surface area contributed by atoms with Crippen LogP contribution in [-0.4, -0.2) is 6.71 Å². The van der Waals surface area contributed by atoms with Crippen molar-refractivity contribution in [2.75, 3.05) is 0 Å². The number of hydrogen-bond donors (Lipinski definition) is 0. The van der Waals surface area contributed by atoms with Crippen LogP contribution in [0.4, 0.5) is 0 Å². The zero-order chi connectivity index (χ0) is 11.2. The summed E-state index contributed by atoms with van der Waals surface area (Å²) in [6, 6.07) is 0. The van der Waals surface area contributed by atoms with Crippen LogP contribution in [-0.2, 0) is 0 Å². The van der Waals surface area contributed by atoms with E-state index in [-0.39, 0.29) is 0 Å². The Hall–Kier alpha value is -0.195. The number of rotatable bonds is 3. The maximum Gasteiger partial charge on any atom is 0.147 e. The van der Waals surface area contributed by atoms with Crippen molar-refractivity contribution >= 4 is 6.71 Å². The minimum absolute atomic E-state index is 0.613. The van der Waals surface area contributed by atoms with Gasteiger partial charge in [0.05, 0.1) is 0 Å². The molecule has 0 nitrogen and oxygen atoms in total. The summed E-state index contributed by atoms with van der Waals surface area (Å²) >= 11 is 0. The van der Waals surface area contributed by atoms with Gasteiger partial charge >= 0.3 is 0 Å². The lowest BCUT2D eigenvalue weighted by Crippen LogP contribution is -2.22. The van der Waals surface area contributed by atoms with Crippen LogP contribution in [0.2, 0.25) is 18.5 Å². The lowest BCUT2D eigenvalue weighted by molar-refractivity contribution is 0.530. The molecule has 0 aromatic carbocycles. The molecule has 0 aromatic rings. The fraction of sp³-hybridized carbons (Fsp3) is 0.857. The van der Waals surface area contributed by atoms with Crippen molar-refractivity contribution in [2.24, 2.45) is 17.3 Å². The summed E-state index contributed by atoms with van der Waals surface area (Å²) in [5.41, 5.74) is 2.30. The van der Waals surface area contributed by atoms with E-state index in [9.17, 15) is 0 Å². The van der Waals surface area contributed by atoms with Crippen LogP contribution in [0, 0.1) is 17.3 Å². The third-order valence-corrected chi connectivity index (χ3v) is 5.29. The van der Waals surface area contributed by atoms with Gasteiger partial charge in [-0.25, -0.2) is 0 Å². The Morgan fingerprint density at radius 3 is 2.47 bits per heavy atom. The number of allylic oxidation sites excluding steroid dienone is 2. The Balaban J connectivity index is 2.12. The van der Waals surface area contributed by atoms with E-state index < -0.39 is 0 Å². The molecular weight excluding hydrogens is 179 g/mol. The fourth-order valence-electron chi connectivity index (χ4n) is 3.86. The zero-order valence-corrected chi connectivity index (χ0v) is 11.0. The molecule has 1 fully saturated rings. The standard InChI is InChI=1S/C14H25B/c1-6-15(7-2)13-9-12-11(8-10(13)3)14(12,4)5/h8,11-13H,6-7,9H2,1-5H3/t11-,12+,13?/m0/s1. The Morgan fingerprint density at radius 1 is 1.33 bits per heavy atom. The largest absolute Gasteiger partial charge is 0.147 e. The van der Waals surface area contributed by atoms with Crippen molar-refractivity contribution in [1.29, 1.82) is 0 Å². The van der Waals surface area contributed by atoms with Gasteiger partial charge in [-0.05, 0) is 36.4 Å². The molecule has 3 atom stereocenters. The van der Waals surface area contributed by atoms with Gasteiger partial charge in [0, 0.05) is 0 Å². The summed E-state index contributed by atoms with van der Waals surface area (Å²) in [7, 11) is 0. The van der Waals surface area contributed by atoms with Crippen LogP contribution in [0.5, 0.6) is 0 Å². The van der Waals surface area contributed by atoms with Crippen LogP contribution < -0.4 is 0 Å². The molecule has 2 aliphatic rings. The first-order valence-electron chi connectivity index (χ1n) is 6.70. The van der Waals surface area contributed by atoms with Crippen molar-refractivity contribution in [2.45, 2.75) is 59.5 Å². The van der Waals surface area contributed by atoms with Crippen LogP contribution in [0.1, 0.15) is 41.0 Å². The summed E-state index contributed by atoms with van der Waals surface area (Å²) in [5.74, 6) is 2.79. The van der Waals surface area contributed by atoms with E-state index in [1.165, 1.54) is 19.1 Å². The van der Waals surface area contributed by atoms with Gasteiger partial charge in [0.15, 0.2) is 0 Å². The summed E-state index contributed by atoms with van der Waals surface area (Å²) in [6.45, 7) is 12.9. The molecule has 2 aliphatic carbocycles. The van der Waals surface area contributed by atoms with Crippen molar-refractivity contribution in [3.63, 3.8) is 0 Å². The van der Waals surface area contributed by atoms with Crippen LogP contribution in [0.25, 0.3) is 0 Å². The Labute approximate surface area is 95.6 Å². The second kappa shape index (κ2) is 3.68. The lowest BCUT2D eigenvalue weighted by Gasteiger charge is -2.26. The van der Waals surface area contributed by atoms with Gasteiger partial charge in [0.25, 0.3) is 0 Å². The summed E-state index contributed by atoms with van der Waals surface area (Å²) < 4.78 is 0. The van der Waals surface area contributed by atoms with E-state index in [1.807, 2.05) is 0 Å². The molecule has 0 amide bonds. The van der Waals surface area contributed by atoms with Crippen molar-refractivity contribution < 1.29 is 0 Å². The molecule has 1 saturated carbocycles. The van der Waals surface area contributed by atoms with E-state index in [4.69, 9.17) is 0 Å². The fourth-order valence-corrected chi connectivity index (χ4v) is 3.86. The molecule has 1 unspecified atom stereocenters. The molecule has 0 heterocycles. The van der Waals surface area contributed by atoms with Gasteiger partial charge in [-0.2, -0.15) is 0 Å². The summed E-state index contributed by atoms with van der Waals surface area (Å²) in [5, 5.41) is 0. The van der Waals surface area contributed by atoms with Crippen molar-refractivity contribution in [1.82, 2.24) is 0 Å². The Kier molecular flexibility index (Phi) is 2.77. The predicted molar refractivity (Wildman–Crippen MR) is 69.6 cm³/mol. The van der Waals surface area contributed by atoms with Crippen molar-refractivity contribution in [3.05, 3.63) is 11.6 Å². The summed E-state index contributed by atoms with van der Waals surface area (Å²) in [6.07, 6.45) is 6.76. The highest BCUT2D eigenvalue weighted by Crippen LogP contribution is 2.66. The smallest absolute Gasteiger partial charge is 0.0821 e. The Morgan fingerprint density at radius 2 is 1.93 bits per heavy atom. The van der Waals surface area contributed by atoms with Gasteiger partial charge in [0.2, 0.25) is 0 Å². The van der Waals surface area contributed by atoms with Gasteiger partial charge in [-0.1, -0.05) is 52.0 Å². The normalized spacial score (nSPS) is 36.9. The van der Waals surface area contributed by atoms with Crippen LogP contribution in [0.3, 0.4) is 0 Å². The maximum absolute atomic E-state index is 2.59. The SMILES string of the molecule is CCB(CC)C1C[C@@H]2[C@H](C=C1C)C2(C)C. The molecule has 84 valence electrons. The molecule has 0 spiro atoms. The van der Waals surface area contributed by atoms with Gasteiger partial charge in [-0.3, -0.25) is 0 Å². The summed E-state index contributed by atoms with van der Waals surface area (Å²) in [4.78, 5) is 0. The van der Waals surface area contributed by atoms with Gasteiger partial charge in [0.1, 0.15) is 6.71 Å². The topological polar surface area (TPSA) is 0 Å². The molecule has 0 N–H and O–H groups in total. The van der Waals surface area contributed by atoms with Gasteiger partial charge in [-0.15, -0.1) is 0 Å². The first kappa shape index (κ1) is 11.3. The minimum atomic E-state index is 0.613. The third kappa shape index (κ3) is 1.68. The number of fused-ring (bicyclic) bond motifs is 1. The number of hydrogen-bond acceptors (Lipinski definition) is 0. The lowest BCUT2D eigenvalue weighted by atomic mass is 9.35. The van der Waals surface area contributed by atoms with E-state index >= 15 is 0 Å². The molecule has 0 aromatic heterocycles. The molecule has 0 bridgehead atoms. The van der Waals surface area contributed by atoms with Crippen LogP contribution >= 0.6 is 0 Å². The monoisotopic (exact) mass is 204 g/mol. The average Bonchev–Trinajstić information content (AvgIpc) is 2.71. The second-order valence-corrected chi connectivity index (χ2v) is 6.28. The molecule has 2 rings (SSSR count). The maximum atomic E-state index is 2.59. The van der Waals surface area contributed by atoms with E-state index in [0.717, 1.165) is 24.4 Å². The third-order valence-electron chi connectivity index (χ3n) is 5.29. The molecule has 1 heteroatoms. The molecule has 15 heavy (non-hydrogen) atoms. The highest BCUT2D eigenvalue weighted by Gasteiger charge is 2.58. The second-order valence-electron chi connectivity index (χ2n) is 6.28. The molecule has 0 saturated heterocycles. The Bertz CT molecular complexity index is 273. The minimum Gasteiger partial charge on any atom is -0.0821 e. The molecule has 0 radical (unpaired) electrons. The quantitative estimate of drug-likeness (QED) is 0.468. The predicted octanol–water partition coefficient (Wildman–Crippen LogP) is 4.51. The van der Waals surface area contributed by atoms with Gasteiger partial charge < -0.3 is 0 Å². The van der Waals surface area contributed by atoms with Crippen molar-refractivity contribution in [3.8, 4) is 0 Å². The highest BCUT2D eigenvalue weighted by atomic mass is 14.6. The molecule has 0 aliphatic heterocycles.